The van der Waals surface area contributed by atoms with Crippen LogP contribution < -0.4 is 31.9 Å². The summed E-state index contributed by atoms with van der Waals surface area (Å²) in [5.74, 6) is -8.13. The van der Waals surface area contributed by atoms with E-state index in [4.69, 9.17) is 32.3 Å². The third kappa shape index (κ3) is 22.0. The maximum Gasteiger partial charge on any atom is 0.408 e. The molecule has 3 saturated heterocycles. The summed E-state index contributed by atoms with van der Waals surface area (Å²) in [6.45, 7) is 35.1. The first-order valence-corrected chi connectivity index (χ1v) is 54.8. The normalized spacial score (nSPS) is 27.0. The van der Waals surface area contributed by atoms with Crippen LogP contribution >= 0.6 is 38.5 Å². The summed E-state index contributed by atoms with van der Waals surface area (Å²) in [4.78, 5) is 224. The molecule has 0 spiro atoms. The second-order valence-corrected chi connectivity index (χ2v) is 49.7. The number of alkyl carbamates (subject to hydrolysis) is 3. The molecule has 6 heterocycles. The molecular formula is C99H134BrN12O26P3. The van der Waals surface area contributed by atoms with E-state index >= 15 is 0 Å². The van der Waals surface area contributed by atoms with Crippen molar-refractivity contribution < 1.29 is 123 Å². The molecule has 0 bridgehead atoms. The van der Waals surface area contributed by atoms with Gasteiger partial charge < -0.3 is 83.8 Å². The Morgan fingerprint density at radius 3 is 0.908 bits per heavy atom. The molecule has 38 nitrogen and oxygen atoms in total. The number of ether oxygens (including phenoxy) is 3. The van der Waals surface area contributed by atoms with Gasteiger partial charge in [-0.2, -0.15) is 0 Å². The van der Waals surface area contributed by atoms with Gasteiger partial charge in [0.1, 0.15) is 70.4 Å². The molecule has 7 unspecified atom stereocenters. The summed E-state index contributed by atoms with van der Waals surface area (Å²) in [6.07, 6.45) is 12.5. The monoisotopic (exact) mass is 2080 g/mol. The van der Waals surface area contributed by atoms with Crippen LogP contribution in [0, 0.1) is 34.0 Å². The Morgan fingerprint density at radius 1 is 0.418 bits per heavy atom. The number of hydrogen-bond acceptors (Lipinski definition) is 25. The van der Waals surface area contributed by atoms with E-state index in [9.17, 15) is 90.5 Å². The third-order valence-corrected chi connectivity index (χ3v) is 37.0. The lowest BCUT2D eigenvalue weighted by molar-refractivity contribution is -0.142. The van der Waals surface area contributed by atoms with Crippen molar-refractivity contribution in [2.45, 2.75) is 294 Å². The lowest BCUT2D eigenvalue weighted by atomic mass is 9.85. The number of halogens is 1. The van der Waals surface area contributed by atoms with Crippen LogP contribution in [0.15, 0.2) is 109 Å². The van der Waals surface area contributed by atoms with Gasteiger partial charge in [0.25, 0.3) is 35.4 Å². The predicted octanol–water partition coefficient (Wildman–Crippen LogP) is 13.3. The van der Waals surface area contributed by atoms with Gasteiger partial charge >= 0.3 is 33.5 Å². The molecule has 3 aromatic rings. The predicted molar refractivity (Wildman–Crippen MR) is 521 cm³/mol. The molecule has 16 atom stereocenters. The van der Waals surface area contributed by atoms with Crippen LogP contribution in [0.25, 0.3) is 0 Å². The van der Waals surface area contributed by atoms with Gasteiger partial charge in [-0.15, -0.1) is 19.7 Å². The smallest absolute Gasteiger partial charge is 0.408 e. The first-order chi connectivity index (χ1) is 66.4. The van der Waals surface area contributed by atoms with Gasteiger partial charge in [0.2, 0.25) is 42.8 Å². The zero-order valence-electron chi connectivity index (χ0n) is 82.6. The quantitative estimate of drug-likeness (QED) is 0.0132. The zero-order chi connectivity index (χ0) is 103. The number of rotatable bonds is 32. The molecule has 0 radical (unpaired) electrons. The first-order valence-electron chi connectivity index (χ1n) is 48.8. The van der Waals surface area contributed by atoms with Gasteiger partial charge in [-0.05, 0) is 202 Å². The third-order valence-electron chi connectivity index (χ3n) is 28.8. The van der Waals surface area contributed by atoms with Gasteiger partial charge in [0.05, 0.1) is 77.9 Å². The molecule has 42 heteroatoms. The van der Waals surface area contributed by atoms with Gasteiger partial charge in [0, 0.05) is 48.5 Å². The molecule has 9 fully saturated rings. The minimum Gasteiger partial charge on any atom is -0.446 e. The summed E-state index contributed by atoms with van der Waals surface area (Å²) in [7, 11) is -11.6. The number of benzene rings is 3. The van der Waals surface area contributed by atoms with Crippen molar-refractivity contribution in [2.75, 3.05) is 52.7 Å². The number of fused-ring (bicyclic) bond motifs is 3. The second kappa shape index (κ2) is 42.7. The largest absolute Gasteiger partial charge is 0.446 e. The van der Waals surface area contributed by atoms with Gasteiger partial charge in [-0.3, -0.25) is 85.9 Å². The highest BCUT2D eigenvalue weighted by Gasteiger charge is 2.71. The lowest BCUT2D eigenvalue weighted by Crippen LogP contribution is -2.58. The fourth-order valence-electron chi connectivity index (χ4n) is 21.0. The average Bonchev–Trinajstić information content (AvgIpc) is 1.55. The molecule has 6 aliphatic heterocycles. The van der Waals surface area contributed by atoms with E-state index in [1.54, 1.807) is 169 Å². The van der Waals surface area contributed by atoms with E-state index in [-0.39, 0.29) is 136 Å². The van der Waals surface area contributed by atoms with Crippen molar-refractivity contribution in [1.29, 1.82) is 0 Å². The van der Waals surface area contributed by atoms with Crippen molar-refractivity contribution in [2.24, 2.45) is 34.0 Å². The van der Waals surface area contributed by atoms with Gasteiger partial charge in [0.15, 0.2) is 0 Å². The average molecular weight is 2080 g/mol. The number of likely N-dealkylation sites (tertiary alicyclic amines) is 3. The van der Waals surface area contributed by atoms with Crippen molar-refractivity contribution >= 4 is 128 Å². The number of nitrogens with one attached hydrogen (secondary N) is 6. The molecule has 15 amide bonds. The summed E-state index contributed by atoms with van der Waals surface area (Å²) in [5.41, 5.74) is -1.03. The highest BCUT2D eigenvalue weighted by atomic mass is 79.9. The summed E-state index contributed by atoms with van der Waals surface area (Å²) in [6, 6.07) is 8.18. The van der Waals surface area contributed by atoms with E-state index in [1.165, 1.54) is 27.4 Å². The molecule has 768 valence electrons. The van der Waals surface area contributed by atoms with Crippen molar-refractivity contribution in [1.82, 2.24) is 61.3 Å². The first kappa shape index (κ1) is 108. The van der Waals surface area contributed by atoms with Crippen LogP contribution in [-0.2, 0) is 74.8 Å². The number of carbonyl (C=O) groups excluding carboxylic acids is 15. The Hall–Kier alpha value is -10.1. The highest BCUT2D eigenvalue weighted by molar-refractivity contribution is 9.10. The number of imide groups is 3. The Kier molecular flexibility index (Phi) is 32.7. The van der Waals surface area contributed by atoms with E-state index < -0.39 is 216 Å². The Bertz CT molecular complexity index is 5510. The molecule has 6 saturated carbocycles. The number of amides is 15. The van der Waals surface area contributed by atoms with Crippen LogP contribution in [0.3, 0.4) is 0 Å². The molecule has 6 aliphatic carbocycles. The van der Waals surface area contributed by atoms with Crippen LogP contribution in [-0.4, -0.2) is 265 Å². The van der Waals surface area contributed by atoms with E-state index in [1.807, 2.05) is 0 Å². The molecule has 12 aliphatic rings. The maximum absolute atomic E-state index is 14.5. The van der Waals surface area contributed by atoms with Crippen molar-refractivity contribution in [3.8, 4) is 0 Å². The minimum absolute atomic E-state index is 0.0701. The molecule has 15 rings (SSSR count). The SMILES string of the molecule is C=CC1CC1(NC(=O)[C@@H]1C[C@@H](N2C(=O)c3ccc(Br)cc3C2=O)CN1C(=O)[C@@H](NC(=O)OC1CCCC1)C(C)(C)C)P(=O)(OCC)OCC.C=CC1CC1(NC(=O)[C@@H]1C[C@@H](N2C(=O)c3ccccc3C2=O)CN1C(=O)[C@@H](NC(=O)OC1CCCC1)C(C)(C)C)P(=O)(OCC)OCC.C=CC1CC1(NC(=O)[C@@H]1C[C@@H](N2C(=O)c3ccccc3C2=O)CN1C(=O)[C@@H](NC(=O)OC1CCCC1)C(C)(C)C)P(C)(=O)O. The van der Waals surface area contributed by atoms with Crippen molar-refractivity contribution in [3.05, 3.63) is 143 Å². The highest BCUT2D eigenvalue weighted by Crippen LogP contribution is 2.74. The zero-order valence-corrected chi connectivity index (χ0v) is 86.9. The summed E-state index contributed by atoms with van der Waals surface area (Å²) >= 11 is 3.35. The van der Waals surface area contributed by atoms with Crippen molar-refractivity contribution in [3.63, 3.8) is 0 Å². The molecular weight excluding hydrogens is 1950 g/mol. The molecule has 7 N–H and O–H groups in total. The molecule has 141 heavy (non-hydrogen) atoms. The number of nitrogens with zero attached hydrogens (tertiary/aromatic N) is 6. The standard InChI is InChI=1S/C34H46BrN4O9P.C34H47N4O9P.C31H41N4O8P/c1-7-20-18-34(20,49(45,46-8-2)47-9-3)37-28(40)26-17-22(39-29(41)24-15-14-21(35)16-25(24)30(39)42)19-38(26)31(43)27(33(4,5)6)36-32(44)48-23-12-10-11-13-23;1-7-21-19-34(21,48(44,45-8-2)46-9-3)36-28(39)26-18-22(38-29(40)24-16-12-13-17-25(24)30(38)41)20-37(26)31(42)27(33(4,5)6)35-32(43)47-23-14-10-11-15-23;1-6-18-16-31(18,44(5,41)42)33-25(36)23-15-19(35-26(37)21-13-9-10-14-22(21)27(35)38)17-34(23)28(39)24(30(2,3)4)32-29(40)43-20-11-7-8-12-20/h7,14-16,20,22-23,26-27H,1,8-13,17-19H2,2-6H3,(H,36,44)(H,37,40);7,12-13,16-17,21-23,26-27H,1,8-11,14-15,18-20H2,2-6H3,(H,35,43)(H,36,39);6,9-10,13-14,18-20,23-24H,1,7-8,11-12,15-17H2,2-5H3,(H,32,40)(H,33,36)(H,41,42)/t20?,22-,26+,27-,34?;21?,22-,26+,27-,34?;18?,19-,23+,24-,31?/m111/s1. The minimum atomic E-state index is -3.90. The van der Waals surface area contributed by atoms with Crippen LogP contribution in [0.4, 0.5) is 14.4 Å². The van der Waals surface area contributed by atoms with E-state index in [0.29, 0.717) is 4.47 Å². The molecule has 0 aromatic heterocycles. The van der Waals surface area contributed by atoms with Gasteiger partial charge in [-0.25, -0.2) is 14.4 Å². The fourth-order valence-corrected chi connectivity index (χ4v) is 27.8. The summed E-state index contributed by atoms with van der Waals surface area (Å²) < 4.78 is 81.0. The maximum atomic E-state index is 14.5. The molecule has 3 aromatic carbocycles. The van der Waals surface area contributed by atoms with E-state index in [0.717, 1.165) is 91.7 Å². The number of carbonyl (C=O) groups is 15. The topological polar surface area (TPSA) is 484 Å². The van der Waals surface area contributed by atoms with Gasteiger partial charge in [-0.1, -0.05) is 121 Å². The summed E-state index contributed by atoms with van der Waals surface area (Å²) in [5, 5.41) is 12.5. The van der Waals surface area contributed by atoms with Crippen LogP contribution in [0.2, 0.25) is 0 Å². The number of hydrogen-bond donors (Lipinski definition) is 7. The van der Waals surface area contributed by atoms with Crippen LogP contribution in [0.5, 0.6) is 0 Å². The van der Waals surface area contributed by atoms with E-state index in [2.05, 4.69) is 67.6 Å². The lowest BCUT2D eigenvalue weighted by Gasteiger charge is -2.36. The fraction of sp³-hybridized carbons (Fsp3) is 0.606. The van der Waals surface area contributed by atoms with Crippen LogP contribution in [0.1, 0.15) is 268 Å². The Labute approximate surface area is 830 Å². The Morgan fingerprint density at radius 2 is 0.667 bits per heavy atom. The Balaban J connectivity index is 0.000000178. The second-order valence-electron chi connectivity index (χ2n) is 41.6.